The van der Waals surface area contributed by atoms with Crippen molar-refractivity contribution in [3.63, 3.8) is 0 Å². The molecule has 0 aliphatic heterocycles. The predicted molar refractivity (Wildman–Crippen MR) is 80.7 cm³/mol. The summed E-state index contributed by atoms with van der Waals surface area (Å²) in [4.78, 5) is 14.2. The zero-order chi connectivity index (χ0) is 14.4. The molecule has 0 radical (unpaired) electrons. The summed E-state index contributed by atoms with van der Waals surface area (Å²) in [5, 5.41) is 12.6. The molecule has 1 aliphatic rings. The number of anilines is 1. The van der Waals surface area contributed by atoms with E-state index < -0.39 is 0 Å². The van der Waals surface area contributed by atoms with Gasteiger partial charge in [0.25, 0.3) is 0 Å². The van der Waals surface area contributed by atoms with Gasteiger partial charge in [-0.1, -0.05) is 18.2 Å². The highest BCUT2D eigenvalue weighted by Gasteiger charge is 2.21. The summed E-state index contributed by atoms with van der Waals surface area (Å²) in [5.74, 6) is 0.0668. The van der Waals surface area contributed by atoms with Crippen LogP contribution >= 0.6 is 0 Å². The van der Waals surface area contributed by atoms with Crippen LogP contribution in [0.25, 0.3) is 0 Å². The summed E-state index contributed by atoms with van der Waals surface area (Å²) in [6.45, 7) is 3.25. The molecule has 0 saturated heterocycles. The highest BCUT2D eigenvalue weighted by Crippen LogP contribution is 2.18. The molecule has 1 aliphatic carbocycles. The molecule has 0 unspecified atom stereocenters. The molecule has 1 aromatic carbocycles. The van der Waals surface area contributed by atoms with E-state index in [0.29, 0.717) is 6.54 Å². The third-order valence-corrected chi connectivity index (χ3v) is 3.90. The number of hydrogen-bond donors (Lipinski definition) is 2. The Morgan fingerprint density at radius 2 is 1.90 bits per heavy atom. The van der Waals surface area contributed by atoms with E-state index in [1.807, 2.05) is 30.3 Å². The smallest absolute Gasteiger partial charge is 0.239 e. The minimum atomic E-state index is -0.181. The number of likely N-dealkylation sites (N-methyl/N-ethyl adjacent to an activating group) is 1. The monoisotopic (exact) mass is 276 g/mol. The number of aliphatic hydroxyl groups is 1. The van der Waals surface area contributed by atoms with E-state index in [-0.39, 0.29) is 18.1 Å². The van der Waals surface area contributed by atoms with Crippen LogP contribution < -0.4 is 10.2 Å². The van der Waals surface area contributed by atoms with Gasteiger partial charge in [0.1, 0.15) is 0 Å². The number of nitrogens with one attached hydrogen (secondary N) is 1. The third-order valence-electron chi connectivity index (χ3n) is 3.90. The van der Waals surface area contributed by atoms with E-state index in [4.69, 9.17) is 0 Å². The Balaban J connectivity index is 1.84. The molecule has 0 aromatic heterocycles. The molecule has 20 heavy (non-hydrogen) atoms. The van der Waals surface area contributed by atoms with Crippen LogP contribution in [-0.4, -0.2) is 36.2 Å². The lowest BCUT2D eigenvalue weighted by Crippen LogP contribution is -2.44. The van der Waals surface area contributed by atoms with Crippen molar-refractivity contribution in [3.05, 3.63) is 30.3 Å². The number of para-hydroxylation sites is 1. The summed E-state index contributed by atoms with van der Waals surface area (Å²) in [6.07, 6.45) is 3.16. The maximum Gasteiger partial charge on any atom is 0.239 e. The lowest BCUT2D eigenvalue weighted by atomic mass is 9.93. The maximum absolute atomic E-state index is 12.1. The number of nitrogens with zero attached hydrogens (tertiary/aromatic N) is 1. The summed E-state index contributed by atoms with van der Waals surface area (Å²) in [6, 6.07) is 10.2. The lowest BCUT2D eigenvalue weighted by Gasteiger charge is -2.28. The second-order valence-corrected chi connectivity index (χ2v) is 5.42. The van der Waals surface area contributed by atoms with Crippen molar-refractivity contribution in [2.75, 3.05) is 18.0 Å². The molecule has 1 fully saturated rings. The average Bonchev–Trinajstić information content (AvgIpc) is 2.48. The quantitative estimate of drug-likeness (QED) is 0.864. The molecule has 0 bridgehead atoms. The van der Waals surface area contributed by atoms with Crippen LogP contribution in [0.4, 0.5) is 5.69 Å². The minimum absolute atomic E-state index is 0.0668. The molecule has 110 valence electrons. The zero-order valence-electron chi connectivity index (χ0n) is 12.1. The van der Waals surface area contributed by atoms with Crippen LogP contribution in [-0.2, 0) is 4.79 Å². The van der Waals surface area contributed by atoms with Crippen molar-refractivity contribution in [2.24, 2.45) is 0 Å². The highest BCUT2D eigenvalue weighted by molar-refractivity contribution is 5.81. The van der Waals surface area contributed by atoms with E-state index in [1.165, 1.54) is 0 Å². The van der Waals surface area contributed by atoms with Crippen LogP contribution in [0.3, 0.4) is 0 Å². The number of hydrogen-bond acceptors (Lipinski definition) is 3. The van der Waals surface area contributed by atoms with E-state index in [0.717, 1.165) is 37.9 Å². The number of carbonyl (C=O) groups excluding carboxylic acids is 1. The van der Waals surface area contributed by atoms with Gasteiger partial charge in [-0.25, -0.2) is 0 Å². The first-order chi connectivity index (χ1) is 9.69. The summed E-state index contributed by atoms with van der Waals surface area (Å²) in [5.41, 5.74) is 1.07. The van der Waals surface area contributed by atoms with Gasteiger partial charge in [-0.15, -0.1) is 0 Å². The Labute approximate surface area is 120 Å². The van der Waals surface area contributed by atoms with E-state index >= 15 is 0 Å². The second kappa shape index (κ2) is 7.29. The molecule has 4 heteroatoms. The summed E-state index contributed by atoms with van der Waals surface area (Å²) >= 11 is 0. The SMILES string of the molecule is CCN(CC(=O)NC1CCC(O)CC1)c1ccccc1. The normalized spacial score (nSPS) is 22.3. The van der Waals surface area contributed by atoms with Gasteiger partial charge in [0.05, 0.1) is 12.6 Å². The Morgan fingerprint density at radius 1 is 1.25 bits per heavy atom. The van der Waals surface area contributed by atoms with Gasteiger partial charge in [0.15, 0.2) is 0 Å². The summed E-state index contributed by atoms with van der Waals surface area (Å²) in [7, 11) is 0. The standard InChI is InChI=1S/C16H24N2O2/c1-2-18(14-6-4-3-5-7-14)12-16(20)17-13-8-10-15(19)11-9-13/h3-7,13,15,19H,2,8-12H2,1H3,(H,17,20). The average molecular weight is 276 g/mol. The van der Waals surface area contributed by atoms with Gasteiger partial charge in [-0.2, -0.15) is 0 Å². The topological polar surface area (TPSA) is 52.6 Å². The molecule has 0 spiro atoms. The van der Waals surface area contributed by atoms with Crippen molar-refractivity contribution < 1.29 is 9.90 Å². The van der Waals surface area contributed by atoms with Crippen LogP contribution in [0.5, 0.6) is 0 Å². The van der Waals surface area contributed by atoms with Gasteiger partial charge in [-0.05, 0) is 44.7 Å². The molecule has 0 atom stereocenters. The molecular formula is C16H24N2O2. The van der Waals surface area contributed by atoms with E-state index in [2.05, 4.69) is 17.1 Å². The van der Waals surface area contributed by atoms with Crippen LogP contribution in [0.15, 0.2) is 30.3 Å². The number of carbonyl (C=O) groups is 1. The number of amides is 1. The Kier molecular flexibility index (Phi) is 5.41. The molecule has 0 heterocycles. The highest BCUT2D eigenvalue weighted by atomic mass is 16.3. The number of benzene rings is 1. The van der Waals surface area contributed by atoms with Crippen molar-refractivity contribution >= 4 is 11.6 Å². The van der Waals surface area contributed by atoms with Gasteiger partial charge < -0.3 is 15.3 Å². The Bertz CT molecular complexity index is 414. The van der Waals surface area contributed by atoms with Gasteiger partial charge in [-0.3, -0.25) is 4.79 Å². The predicted octanol–water partition coefficient (Wildman–Crippen LogP) is 1.93. The van der Waals surface area contributed by atoms with Crippen molar-refractivity contribution in [3.8, 4) is 0 Å². The van der Waals surface area contributed by atoms with E-state index in [9.17, 15) is 9.90 Å². The fourth-order valence-corrected chi connectivity index (χ4v) is 2.69. The molecule has 4 nitrogen and oxygen atoms in total. The minimum Gasteiger partial charge on any atom is -0.393 e. The molecule has 2 rings (SSSR count). The van der Waals surface area contributed by atoms with Crippen molar-refractivity contribution in [2.45, 2.75) is 44.8 Å². The molecule has 1 amide bonds. The first-order valence-corrected chi connectivity index (χ1v) is 7.46. The number of aliphatic hydroxyl groups excluding tert-OH is 1. The first-order valence-electron chi connectivity index (χ1n) is 7.46. The zero-order valence-corrected chi connectivity index (χ0v) is 12.1. The van der Waals surface area contributed by atoms with Crippen molar-refractivity contribution in [1.82, 2.24) is 5.32 Å². The van der Waals surface area contributed by atoms with Gasteiger partial charge in [0.2, 0.25) is 5.91 Å². The summed E-state index contributed by atoms with van der Waals surface area (Å²) < 4.78 is 0. The molecule has 1 saturated carbocycles. The largest absolute Gasteiger partial charge is 0.393 e. The van der Waals surface area contributed by atoms with Crippen LogP contribution in [0.2, 0.25) is 0 Å². The van der Waals surface area contributed by atoms with Crippen LogP contribution in [0.1, 0.15) is 32.6 Å². The maximum atomic E-state index is 12.1. The van der Waals surface area contributed by atoms with E-state index in [1.54, 1.807) is 0 Å². The fourth-order valence-electron chi connectivity index (χ4n) is 2.69. The van der Waals surface area contributed by atoms with Crippen LogP contribution in [0, 0.1) is 0 Å². The fraction of sp³-hybridized carbons (Fsp3) is 0.562. The molecule has 1 aromatic rings. The second-order valence-electron chi connectivity index (χ2n) is 5.42. The Hall–Kier alpha value is -1.55. The Morgan fingerprint density at radius 3 is 2.50 bits per heavy atom. The van der Waals surface area contributed by atoms with Gasteiger partial charge >= 0.3 is 0 Å². The van der Waals surface area contributed by atoms with Gasteiger partial charge in [0, 0.05) is 18.3 Å². The van der Waals surface area contributed by atoms with Crippen molar-refractivity contribution in [1.29, 1.82) is 0 Å². The first kappa shape index (κ1) is 14.9. The lowest BCUT2D eigenvalue weighted by molar-refractivity contribution is -0.120. The third kappa shape index (κ3) is 4.23. The number of rotatable bonds is 5. The molecule has 2 N–H and O–H groups in total. The molecular weight excluding hydrogens is 252 g/mol.